The van der Waals surface area contributed by atoms with Crippen molar-refractivity contribution in [3.05, 3.63) is 42.5 Å². The van der Waals surface area contributed by atoms with E-state index in [4.69, 9.17) is 14.2 Å². The zero-order chi connectivity index (χ0) is 23.2. The Kier molecular flexibility index (Phi) is 7.87. The van der Waals surface area contributed by atoms with E-state index in [0.29, 0.717) is 11.4 Å². The molecule has 0 aromatic heterocycles. The molecule has 0 fully saturated rings. The summed E-state index contributed by atoms with van der Waals surface area (Å²) in [5.41, 5.74) is 0.560. The maximum Gasteiger partial charge on any atom is 0.327 e. The first kappa shape index (κ1) is 24.0. The molecule has 31 heavy (non-hydrogen) atoms. The Balaban J connectivity index is 2.56. The molecule has 9 nitrogen and oxygen atoms in total. The lowest BCUT2D eigenvalue weighted by Gasteiger charge is -2.26. The number of benzene rings is 2. The highest BCUT2D eigenvalue weighted by Gasteiger charge is 2.30. The Morgan fingerprint density at radius 1 is 1.03 bits per heavy atom. The van der Waals surface area contributed by atoms with Crippen LogP contribution in [-0.4, -0.2) is 47.2 Å². The molecule has 168 valence electrons. The van der Waals surface area contributed by atoms with Crippen LogP contribution in [0.4, 0.5) is 11.4 Å². The Hall–Kier alpha value is -3.27. The van der Waals surface area contributed by atoms with Crippen molar-refractivity contribution in [2.45, 2.75) is 31.8 Å². The molecular weight excluding hydrogens is 424 g/mol. The van der Waals surface area contributed by atoms with Crippen LogP contribution in [0.15, 0.2) is 47.4 Å². The summed E-state index contributed by atoms with van der Waals surface area (Å²) in [6, 6.07) is 10.2. The average molecular weight is 451 g/mol. The van der Waals surface area contributed by atoms with Crippen molar-refractivity contribution in [2.24, 2.45) is 0 Å². The fraction of sp³-hybridized carbons (Fsp3) is 0.333. The van der Waals surface area contributed by atoms with Gasteiger partial charge in [0, 0.05) is 18.7 Å². The number of amides is 1. The van der Waals surface area contributed by atoms with Gasteiger partial charge in [0.15, 0.2) is 0 Å². The summed E-state index contributed by atoms with van der Waals surface area (Å²) in [6.45, 7) is 4.12. The van der Waals surface area contributed by atoms with Crippen LogP contribution in [0, 0.1) is 0 Å². The Bertz CT molecular complexity index is 1030. The second-order valence-corrected chi connectivity index (χ2v) is 8.66. The zero-order valence-electron chi connectivity index (χ0n) is 18.0. The van der Waals surface area contributed by atoms with Crippen molar-refractivity contribution < 1.29 is 32.2 Å². The molecule has 2 aromatic rings. The summed E-state index contributed by atoms with van der Waals surface area (Å²) in [7, 11) is -1.37. The molecule has 0 radical (unpaired) electrons. The van der Waals surface area contributed by atoms with Crippen LogP contribution in [0.5, 0.6) is 11.5 Å². The molecule has 0 aliphatic heterocycles. The van der Waals surface area contributed by atoms with Crippen molar-refractivity contribution in [2.75, 3.05) is 30.4 Å². The normalized spacial score (nSPS) is 11.0. The predicted molar refractivity (Wildman–Crippen MR) is 116 cm³/mol. The summed E-state index contributed by atoms with van der Waals surface area (Å²) in [5.74, 6) is -0.390. The van der Waals surface area contributed by atoms with Gasteiger partial charge in [-0.2, -0.15) is 0 Å². The molecule has 0 unspecified atom stereocenters. The van der Waals surface area contributed by atoms with E-state index in [0.717, 1.165) is 4.31 Å². The molecule has 0 saturated carbocycles. The fourth-order valence-electron chi connectivity index (χ4n) is 2.75. The first-order chi connectivity index (χ1) is 14.6. The Morgan fingerprint density at radius 3 is 2.19 bits per heavy atom. The standard InChI is InChI=1S/C21H26N2O7S/c1-14(2)30-21(25)13-23(19-12-17(28-4)8-11-20(19)29-5)31(26,27)18-9-6-16(7-10-18)22-15(3)24/h6-12,14H,13H2,1-5H3,(H,22,24). The van der Waals surface area contributed by atoms with Gasteiger partial charge in [-0.05, 0) is 50.2 Å². The number of anilines is 2. The lowest BCUT2D eigenvalue weighted by atomic mass is 10.2. The van der Waals surface area contributed by atoms with Gasteiger partial charge in [-0.1, -0.05) is 0 Å². The first-order valence-electron chi connectivity index (χ1n) is 9.40. The minimum Gasteiger partial charge on any atom is -0.497 e. The maximum atomic E-state index is 13.5. The van der Waals surface area contributed by atoms with Gasteiger partial charge in [-0.3, -0.25) is 13.9 Å². The molecular formula is C21H26N2O7S. The predicted octanol–water partition coefficient (Wildman–Crippen LogP) is 2.81. The molecule has 0 atom stereocenters. The van der Waals surface area contributed by atoms with E-state index in [1.165, 1.54) is 51.5 Å². The van der Waals surface area contributed by atoms with E-state index in [1.807, 2.05) is 0 Å². The molecule has 0 aliphatic carbocycles. The summed E-state index contributed by atoms with van der Waals surface area (Å²) >= 11 is 0. The van der Waals surface area contributed by atoms with Crippen LogP contribution in [0.2, 0.25) is 0 Å². The molecule has 0 bridgehead atoms. The van der Waals surface area contributed by atoms with Crippen molar-refractivity contribution >= 4 is 33.3 Å². The van der Waals surface area contributed by atoms with Gasteiger partial charge in [0.05, 0.1) is 30.9 Å². The molecule has 2 aromatic carbocycles. The van der Waals surface area contributed by atoms with Gasteiger partial charge < -0.3 is 19.5 Å². The lowest BCUT2D eigenvalue weighted by Crippen LogP contribution is -2.37. The number of methoxy groups -OCH3 is 2. The number of esters is 1. The number of ether oxygens (including phenoxy) is 3. The molecule has 2 rings (SSSR count). The highest BCUT2D eigenvalue weighted by molar-refractivity contribution is 7.92. The van der Waals surface area contributed by atoms with Crippen molar-refractivity contribution in [3.8, 4) is 11.5 Å². The van der Waals surface area contributed by atoms with E-state index in [-0.39, 0.29) is 22.2 Å². The number of carbonyl (C=O) groups excluding carboxylic acids is 2. The van der Waals surface area contributed by atoms with Crippen LogP contribution in [0.3, 0.4) is 0 Å². The molecule has 0 aliphatic rings. The average Bonchev–Trinajstić information content (AvgIpc) is 2.71. The third kappa shape index (κ3) is 6.11. The number of carbonyl (C=O) groups is 2. The van der Waals surface area contributed by atoms with Gasteiger partial charge in [-0.15, -0.1) is 0 Å². The number of nitrogens with one attached hydrogen (secondary N) is 1. The van der Waals surface area contributed by atoms with Crippen LogP contribution >= 0.6 is 0 Å². The molecule has 0 spiro atoms. The smallest absolute Gasteiger partial charge is 0.327 e. The highest BCUT2D eigenvalue weighted by atomic mass is 32.2. The van der Waals surface area contributed by atoms with Crippen molar-refractivity contribution in [1.82, 2.24) is 0 Å². The van der Waals surface area contributed by atoms with Crippen LogP contribution < -0.4 is 19.1 Å². The third-order valence-electron chi connectivity index (χ3n) is 4.06. The van der Waals surface area contributed by atoms with E-state index < -0.39 is 28.6 Å². The number of hydrogen-bond donors (Lipinski definition) is 1. The van der Waals surface area contributed by atoms with E-state index in [1.54, 1.807) is 26.0 Å². The fourth-order valence-corrected chi connectivity index (χ4v) is 4.16. The second kappa shape index (κ2) is 10.2. The largest absolute Gasteiger partial charge is 0.497 e. The molecule has 1 amide bonds. The Labute approximate surface area is 182 Å². The summed E-state index contributed by atoms with van der Waals surface area (Å²) in [5, 5.41) is 2.57. The van der Waals surface area contributed by atoms with Crippen LogP contribution in [-0.2, 0) is 24.3 Å². The van der Waals surface area contributed by atoms with Gasteiger partial charge in [0.25, 0.3) is 10.0 Å². The number of sulfonamides is 1. The minimum atomic E-state index is -4.20. The minimum absolute atomic E-state index is 0.0798. The van der Waals surface area contributed by atoms with E-state index in [2.05, 4.69) is 5.32 Å². The number of nitrogens with zero attached hydrogens (tertiary/aromatic N) is 1. The second-order valence-electron chi connectivity index (χ2n) is 6.79. The van der Waals surface area contributed by atoms with E-state index >= 15 is 0 Å². The van der Waals surface area contributed by atoms with Gasteiger partial charge in [-0.25, -0.2) is 8.42 Å². The first-order valence-corrected chi connectivity index (χ1v) is 10.8. The monoisotopic (exact) mass is 450 g/mol. The molecule has 1 N–H and O–H groups in total. The molecule has 10 heteroatoms. The lowest BCUT2D eigenvalue weighted by molar-refractivity contribution is -0.145. The summed E-state index contributed by atoms with van der Waals surface area (Å²) < 4.78 is 43.6. The van der Waals surface area contributed by atoms with Crippen LogP contribution in [0.1, 0.15) is 20.8 Å². The molecule has 0 heterocycles. The summed E-state index contributed by atoms with van der Waals surface area (Å²) in [4.78, 5) is 23.5. The van der Waals surface area contributed by atoms with Gasteiger partial charge >= 0.3 is 5.97 Å². The SMILES string of the molecule is COc1ccc(OC)c(N(CC(=O)OC(C)C)S(=O)(=O)c2ccc(NC(C)=O)cc2)c1. The molecule has 0 saturated heterocycles. The number of hydrogen-bond acceptors (Lipinski definition) is 7. The number of rotatable bonds is 9. The summed E-state index contributed by atoms with van der Waals surface area (Å²) in [6.07, 6.45) is -0.416. The maximum absolute atomic E-state index is 13.5. The van der Waals surface area contributed by atoms with Gasteiger partial charge in [0.2, 0.25) is 5.91 Å². The van der Waals surface area contributed by atoms with E-state index in [9.17, 15) is 18.0 Å². The Morgan fingerprint density at radius 2 is 1.68 bits per heavy atom. The zero-order valence-corrected chi connectivity index (χ0v) is 18.9. The van der Waals surface area contributed by atoms with Crippen molar-refractivity contribution in [3.63, 3.8) is 0 Å². The highest BCUT2D eigenvalue weighted by Crippen LogP contribution is 2.35. The third-order valence-corrected chi connectivity index (χ3v) is 5.83. The van der Waals surface area contributed by atoms with Crippen LogP contribution in [0.25, 0.3) is 0 Å². The topological polar surface area (TPSA) is 111 Å². The van der Waals surface area contributed by atoms with Crippen molar-refractivity contribution in [1.29, 1.82) is 0 Å². The van der Waals surface area contributed by atoms with Gasteiger partial charge in [0.1, 0.15) is 18.0 Å². The quantitative estimate of drug-likeness (QED) is 0.585.